The molecule has 4 rings (SSSR count). The van der Waals surface area contributed by atoms with Crippen molar-refractivity contribution in [1.29, 1.82) is 0 Å². The van der Waals surface area contributed by atoms with Gasteiger partial charge in [-0.2, -0.15) is 0 Å². The highest BCUT2D eigenvalue weighted by molar-refractivity contribution is 5.74. The quantitative estimate of drug-likeness (QED) is 0.0405. The fourth-order valence-corrected chi connectivity index (χ4v) is 5.11. The van der Waals surface area contributed by atoms with Gasteiger partial charge in [-0.25, -0.2) is 0 Å². The van der Waals surface area contributed by atoms with Gasteiger partial charge in [-0.1, -0.05) is 105 Å². The number of aliphatic hydroxyl groups excluding tert-OH is 2. The molecule has 52 heavy (non-hydrogen) atoms. The van der Waals surface area contributed by atoms with Crippen LogP contribution in [-0.2, 0) is 20.7 Å². The summed E-state index contributed by atoms with van der Waals surface area (Å²) in [6, 6.07) is 32.4. The van der Waals surface area contributed by atoms with Crippen LogP contribution in [0.3, 0.4) is 0 Å². The van der Waals surface area contributed by atoms with Gasteiger partial charge in [0.1, 0.15) is 24.4 Å². The third-order valence-corrected chi connectivity index (χ3v) is 8.24. The number of allylic oxidation sites excluding steroid dienone is 2. The topological polar surface area (TPSA) is 123 Å². The van der Waals surface area contributed by atoms with Crippen LogP contribution in [0.1, 0.15) is 52.0 Å². The minimum atomic E-state index is -0.250. The number of benzene rings is 4. The summed E-state index contributed by atoms with van der Waals surface area (Å²) in [5, 5.41) is 24.6. The number of carbonyl (C=O) groups is 2. The van der Waals surface area contributed by atoms with Crippen LogP contribution in [0.2, 0.25) is 0 Å². The molecule has 3 N–H and O–H groups in total. The zero-order valence-electron chi connectivity index (χ0n) is 30.9. The molecule has 0 heterocycles. The summed E-state index contributed by atoms with van der Waals surface area (Å²) in [6.45, 7) is 6.99. The smallest absolute Gasteiger partial charge is 0.290 e. The zero-order chi connectivity index (χ0) is 38.0. The maximum atomic E-state index is 9.74. The first kappa shape index (κ1) is 43.1. The van der Waals surface area contributed by atoms with E-state index >= 15 is 0 Å². The van der Waals surface area contributed by atoms with Crippen molar-refractivity contribution < 1.29 is 39.1 Å². The van der Waals surface area contributed by atoms with Crippen molar-refractivity contribution in [3.05, 3.63) is 120 Å². The first-order chi connectivity index (χ1) is 25.4. The van der Waals surface area contributed by atoms with Gasteiger partial charge >= 0.3 is 0 Å². The van der Waals surface area contributed by atoms with Crippen molar-refractivity contribution in [2.45, 2.75) is 52.9 Å². The van der Waals surface area contributed by atoms with Gasteiger partial charge in [-0.05, 0) is 83.3 Å². The summed E-state index contributed by atoms with van der Waals surface area (Å²) in [5.74, 6) is 1.48. The molecule has 0 unspecified atom stereocenters. The number of methoxy groups -OCH3 is 1. The van der Waals surface area contributed by atoms with Crippen LogP contribution in [0.4, 0.5) is 0 Å². The molecule has 8 nitrogen and oxygen atoms in total. The third kappa shape index (κ3) is 15.5. The summed E-state index contributed by atoms with van der Waals surface area (Å²) < 4.78 is 17.1. The highest BCUT2D eigenvalue weighted by Crippen LogP contribution is 2.32. The van der Waals surface area contributed by atoms with E-state index < -0.39 is 0 Å². The first-order valence-electron chi connectivity index (χ1n) is 17.6. The highest BCUT2D eigenvalue weighted by Gasteiger charge is 2.08. The van der Waals surface area contributed by atoms with Gasteiger partial charge in [0.05, 0.1) is 26.4 Å². The van der Waals surface area contributed by atoms with Gasteiger partial charge in [-0.3, -0.25) is 9.59 Å². The molecule has 0 fully saturated rings. The molecule has 0 aliphatic rings. The number of hydrogen-bond acceptors (Lipinski definition) is 7. The Morgan fingerprint density at radius 3 is 1.50 bits per heavy atom. The number of aliphatic hydroxyl groups is 2. The van der Waals surface area contributed by atoms with Crippen LogP contribution >= 0.6 is 0 Å². The maximum absolute atomic E-state index is 9.74. The Balaban J connectivity index is 0.000000826. The van der Waals surface area contributed by atoms with Crippen molar-refractivity contribution >= 4 is 12.8 Å². The van der Waals surface area contributed by atoms with Crippen LogP contribution < -0.4 is 9.47 Å². The molecule has 0 bridgehead atoms. The molecule has 0 aromatic heterocycles. The Morgan fingerprint density at radius 2 is 1.12 bits per heavy atom. The lowest BCUT2D eigenvalue weighted by molar-refractivity contribution is -0.122. The molecule has 0 radical (unpaired) electrons. The summed E-state index contributed by atoms with van der Waals surface area (Å²) in [7, 11) is 1.66. The van der Waals surface area contributed by atoms with Crippen molar-refractivity contribution in [3.8, 4) is 44.9 Å². The van der Waals surface area contributed by atoms with Crippen LogP contribution in [0.25, 0.3) is 33.4 Å². The fraction of sp³-hybridized carbons (Fsp3) is 0.318. The van der Waals surface area contributed by atoms with Crippen LogP contribution in [-0.4, -0.2) is 68.2 Å². The second kappa shape index (κ2) is 25.9. The molecule has 0 saturated heterocycles. The molecule has 0 aliphatic heterocycles. The summed E-state index contributed by atoms with van der Waals surface area (Å²) >= 11 is 0. The van der Waals surface area contributed by atoms with Gasteiger partial charge in [-0.15, -0.1) is 0 Å². The molecule has 0 spiro atoms. The molecule has 0 atom stereocenters. The van der Waals surface area contributed by atoms with Crippen LogP contribution in [0.15, 0.2) is 114 Å². The van der Waals surface area contributed by atoms with Crippen LogP contribution in [0.5, 0.6) is 11.5 Å². The van der Waals surface area contributed by atoms with Crippen molar-refractivity contribution in [2.24, 2.45) is 0 Å². The highest BCUT2D eigenvalue weighted by atomic mass is 16.5. The number of aldehydes is 1. The number of ether oxygens (including phenoxy) is 3. The Bertz CT molecular complexity index is 1640. The van der Waals surface area contributed by atoms with Gasteiger partial charge in [0, 0.05) is 25.2 Å². The minimum absolute atomic E-state index is 0.0483. The summed E-state index contributed by atoms with van der Waals surface area (Å²) in [4.78, 5) is 18.1. The average Bonchev–Trinajstić information content (AvgIpc) is 3.18. The van der Waals surface area contributed by atoms with E-state index in [-0.39, 0.29) is 19.7 Å². The van der Waals surface area contributed by atoms with Crippen molar-refractivity contribution in [1.82, 2.24) is 0 Å². The standard InChI is InChI=1S/C38H44O4.C5H8O2.CH2O2/c1-4-6-7-8-30-9-11-31(12-10-30)32-13-15-33(16-14-32)34-17-19-35(20-18-34)36-25-37(41-22-21-29(5-2)28-39)27-38(26-36)42-24-23-40-3;1-2-5(3-6)4-7;2-1-3/h5,9-20,25-27,39H,4,6-8,21-24,28H2,1-3H3;2-3,7H,4H2,1H3;1H,(H,2,3)/b29-5+;5-2+;. The molecule has 4 aromatic rings. The van der Waals surface area contributed by atoms with E-state index in [1.165, 1.54) is 47.1 Å². The second-order valence-corrected chi connectivity index (χ2v) is 11.8. The van der Waals surface area contributed by atoms with Gasteiger partial charge in [0.15, 0.2) is 0 Å². The largest absolute Gasteiger partial charge is 0.493 e. The summed E-state index contributed by atoms with van der Waals surface area (Å²) in [5.41, 5.74) is 9.75. The summed E-state index contributed by atoms with van der Waals surface area (Å²) in [6.07, 6.45) is 9.78. The molecule has 0 amide bonds. The monoisotopic (exact) mass is 710 g/mol. The SMILES string of the molecule is C/C=C(/CO)CCOc1cc(OCCOC)cc(-c2ccc(-c3ccc(-c4ccc(CCCCC)cc4)cc3)cc2)c1.C/C=C(\C=O)CO.O=CO. The molecule has 278 valence electrons. The second-order valence-electron chi connectivity index (χ2n) is 11.8. The number of hydrogen-bond donors (Lipinski definition) is 3. The van der Waals surface area contributed by atoms with Crippen molar-refractivity contribution in [3.63, 3.8) is 0 Å². The Labute approximate surface area is 309 Å². The molecule has 0 aliphatic carbocycles. The van der Waals surface area contributed by atoms with Gasteiger partial charge in [0.25, 0.3) is 6.47 Å². The Hall–Kier alpha value is -5.02. The van der Waals surface area contributed by atoms with E-state index in [1.807, 2.05) is 31.2 Å². The van der Waals surface area contributed by atoms with E-state index in [0.29, 0.717) is 38.1 Å². The number of rotatable bonds is 18. The molecular weight excluding hydrogens is 656 g/mol. The number of unbranched alkanes of at least 4 members (excludes halogenated alkanes) is 2. The fourth-order valence-electron chi connectivity index (χ4n) is 5.11. The Kier molecular flexibility index (Phi) is 21.5. The molecule has 4 aromatic carbocycles. The van der Waals surface area contributed by atoms with E-state index in [0.717, 1.165) is 34.6 Å². The van der Waals surface area contributed by atoms with Crippen LogP contribution in [0, 0.1) is 0 Å². The lowest BCUT2D eigenvalue weighted by Crippen LogP contribution is -2.05. The zero-order valence-corrected chi connectivity index (χ0v) is 30.9. The molecule has 0 saturated carbocycles. The third-order valence-electron chi connectivity index (χ3n) is 8.24. The minimum Gasteiger partial charge on any atom is -0.493 e. The predicted molar refractivity (Wildman–Crippen MR) is 210 cm³/mol. The molecule has 8 heteroatoms. The Morgan fingerprint density at radius 1 is 0.635 bits per heavy atom. The molecular formula is C44H54O8. The van der Waals surface area contributed by atoms with Crippen molar-refractivity contribution in [2.75, 3.05) is 40.1 Å². The maximum Gasteiger partial charge on any atom is 0.290 e. The van der Waals surface area contributed by atoms with E-state index in [2.05, 4.69) is 79.7 Å². The van der Waals surface area contributed by atoms with Gasteiger partial charge in [0.2, 0.25) is 0 Å². The van der Waals surface area contributed by atoms with Gasteiger partial charge < -0.3 is 29.5 Å². The first-order valence-corrected chi connectivity index (χ1v) is 17.6. The lowest BCUT2D eigenvalue weighted by atomic mass is 9.97. The predicted octanol–water partition coefficient (Wildman–Crippen LogP) is 8.98. The lowest BCUT2D eigenvalue weighted by Gasteiger charge is -2.13. The van der Waals surface area contributed by atoms with E-state index in [4.69, 9.17) is 29.2 Å². The average molecular weight is 711 g/mol. The number of carboxylic acid groups (broad SMARTS) is 1. The number of aryl methyl sites for hydroxylation is 1. The van der Waals surface area contributed by atoms with E-state index in [9.17, 15) is 9.90 Å². The normalized spacial score (nSPS) is 11.0. The number of carbonyl (C=O) groups excluding carboxylic acids is 1. The van der Waals surface area contributed by atoms with E-state index in [1.54, 1.807) is 20.1 Å².